The van der Waals surface area contributed by atoms with E-state index in [2.05, 4.69) is 59.3 Å². The maximum absolute atomic E-state index is 11.0. The van der Waals surface area contributed by atoms with Gasteiger partial charge in [-0.05, 0) is 59.2 Å². The molecule has 0 N–H and O–H groups in total. The lowest BCUT2D eigenvalue weighted by Gasteiger charge is -2.40. The van der Waals surface area contributed by atoms with Gasteiger partial charge in [0, 0.05) is 55.6 Å². The number of fused-ring (bicyclic) bond motifs is 1. The smallest absolute Gasteiger partial charge is 0.269 e. The first kappa shape index (κ1) is 23.5. The first-order valence-electron chi connectivity index (χ1n) is 13.0. The molecule has 2 fully saturated rings. The van der Waals surface area contributed by atoms with Gasteiger partial charge in [0.25, 0.3) is 5.69 Å². The fourth-order valence-electron chi connectivity index (χ4n) is 5.78. The van der Waals surface area contributed by atoms with Crippen molar-refractivity contribution in [3.63, 3.8) is 0 Å². The summed E-state index contributed by atoms with van der Waals surface area (Å²) < 4.78 is 2.08. The lowest BCUT2D eigenvalue weighted by molar-refractivity contribution is -0.384. The quantitative estimate of drug-likeness (QED) is 0.282. The molecule has 0 spiro atoms. The Morgan fingerprint density at radius 3 is 2.49 bits per heavy atom. The van der Waals surface area contributed by atoms with Crippen LogP contribution >= 0.6 is 0 Å². The number of nitro groups is 1. The lowest BCUT2D eigenvalue weighted by Crippen LogP contribution is -2.48. The van der Waals surface area contributed by atoms with E-state index < -0.39 is 0 Å². The summed E-state index contributed by atoms with van der Waals surface area (Å²) in [6, 6.07) is 17.6. The van der Waals surface area contributed by atoms with Crippen molar-refractivity contribution in [2.45, 2.75) is 44.2 Å². The molecule has 10 heteroatoms. The Morgan fingerprint density at radius 1 is 0.946 bits per heavy atom. The first-order chi connectivity index (χ1) is 18.2. The zero-order valence-corrected chi connectivity index (χ0v) is 20.7. The average molecular weight is 499 g/mol. The fraction of sp³-hybridized carbons (Fsp3) is 0.407. The molecule has 10 nitrogen and oxygen atoms in total. The molecule has 2 aromatic heterocycles. The summed E-state index contributed by atoms with van der Waals surface area (Å²) in [6.07, 6.45) is 7.75. The van der Waals surface area contributed by atoms with Gasteiger partial charge in [0.1, 0.15) is 0 Å². The SMILES string of the molecule is O=[N+]([O-])c1ccc(N2CCN([C@H](c3ccc4ncccc4c3)c3nnnn3C3CCCCC3)CC2)cc1. The van der Waals surface area contributed by atoms with E-state index in [1.165, 1.54) is 19.3 Å². The Kier molecular flexibility index (Phi) is 6.48. The number of hydrogen-bond acceptors (Lipinski definition) is 8. The largest absolute Gasteiger partial charge is 0.369 e. The number of benzene rings is 2. The minimum Gasteiger partial charge on any atom is -0.369 e. The van der Waals surface area contributed by atoms with Crippen molar-refractivity contribution < 1.29 is 4.92 Å². The van der Waals surface area contributed by atoms with Crippen LogP contribution in [0.3, 0.4) is 0 Å². The van der Waals surface area contributed by atoms with Crippen molar-refractivity contribution in [3.05, 3.63) is 82.3 Å². The van der Waals surface area contributed by atoms with E-state index in [1.54, 1.807) is 12.1 Å². The van der Waals surface area contributed by atoms with Crippen LogP contribution in [0.25, 0.3) is 10.9 Å². The molecule has 0 unspecified atom stereocenters. The molecule has 0 bridgehead atoms. The summed E-state index contributed by atoms with van der Waals surface area (Å²) in [5, 5.41) is 25.4. The zero-order valence-electron chi connectivity index (χ0n) is 20.7. The predicted molar refractivity (Wildman–Crippen MR) is 140 cm³/mol. The van der Waals surface area contributed by atoms with Gasteiger partial charge in [-0.15, -0.1) is 5.10 Å². The molecule has 1 saturated carbocycles. The maximum Gasteiger partial charge on any atom is 0.269 e. The third-order valence-electron chi connectivity index (χ3n) is 7.73. The highest BCUT2D eigenvalue weighted by Crippen LogP contribution is 2.35. The monoisotopic (exact) mass is 498 g/mol. The van der Waals surface area contributed by atoms with Gasteiger partial charge in [-0.25, -0.2) is 4.68 Å². The van der Waals surface area contributed by atoms with Gasteiger partial charge in [-0.2, -0.15) is 0 Å². The summed E-state index contributed by atoms with van der Waals surface area (Å²) in [4.78, 5) is 19.9. The second-order valence-electron chi connectivity index (χ2n) is 9.93. The molecule has 3 heterocycles. The van der Waals surface area contributed by atoms with Gasteiger partial charge < -0.3 is 4.90 Å². The van der Waals surface area contributed by atoms with Crippen molar-refractivity contribution in [1.29, 1.82) is 0 Å². The minimum absolute atomic E-state index is 0.0689. The molecule has 1 aliphatic heterocycles. The molecule has 1 saturated heterocycles. The van der Waals surface area contributed by atoms with Crippen LogP contribution < -0.4 is 4.90 Å². The summed E-state index contributed by atoms with van der Waals surface area (Å²) in [7, 11) is 0. The third kappa shape index (κ3) is 4.76. The summed E-state index contributed by atoms with van der Waals surface area (Å²) in [5.74, 6) is 0.902. The molecule has 37 heavy (non-hydrogen) atoms. The lowest BCUT2D eigenvalue weighted by atomic mass is 9.94. The van der Waals surface area contributed by atoms with Gasteiger partial charge in [-0.1, -0.05) is 31.4 Å². The summed E-state index contributed by atoms with van der Waals surface area (Å²) in [6.45, 7) is 3.28. The van der Waals surface area contributed by atoms with Crippen LogP contribution in [0.1, 0.15) is 55.6 Å². The van der Waals surface area contributed by atoms with Crippen LogP contribution in [-0.2, 0) is 0 Å². The van der Waals surface area contributed by atoms with Gasteiger partial charge in [0.05, 0.1) is 22.5 Å². The van der Waals surface area contributed by atoms with Crippen LogP contribution in [0.5, 0.6) is 0 Å². The minimum atomic E-state index is -0.359. The first-order valence-corrected chi connectivity index (χ1v) is 13.0. The number of rotatable bonds is 6. The van der Waals surface area contributed by atoms with E-state index in [9.17, 15) is 10.1 Å². The van der Waals surface area contributed by atoms with Crippen molar-refractivity contribution in [2.75, 3.05) is 31.1 Å². The Morgan fingerprint density at radius 2 is 1.73 bits per heavy atom. The molecule has 2 aliphatic rings. The summed E-state index contributed by atoms with van der Waals surface area (Å²) in [5.41, 5.74) is 3.25. The second kappa shape index (κ2) is 10.2. The molecule has 6 rings (SSSR count). The van der Waals surface area contributed by atoms with E-state index in [0.717, 1.165) is 67.0 Å². The van der Waals surface area contributed by atoms with E-state index in [1.807, 2.05) is 24.4 Å². The number of hydrogen-bond donors (Lipinski definition) is 0. The van der Waals surface area contributed by atoms with Crippen molar-refractivity contribution in [2.24, 2.45) is 0 Å². The maximum atomic E-state index is 11.0. The van der Waals surface area contributed by atoms with Crippen LogP contribution in [0.2, 0.25) is 0 Å². The van der Waals surface area contributed by atoms with Gasteiger partial charge >= 0.3 is 0 Å². The van der Waals surface area contributed by atoms with Crippen LogP contribution in [0.4, 0.5) is 11.4 Å². The number of non-ortho nitro benzene ring substituents is 1. The molecule has 0 radical (unpaired) electrons. The standard InChI is InChI=1S/C27H30N8O2/c36-35(37)24-11-9-22(10-12-24)32-15-17-33(18-16-32)26(21-8-13-25-20(19-21)5-4-14-28-25)27-29-30-31-34(27)23-6-2-1-3-7-23/h4-5,8-14,19,23,26H,1-3,6-7,15-18H2/t26-/m1/s1. The number of nitro benzene ring substituents is 1. The van der Waals surface area contributed by atoms with Crippen molar-refractivity contribution in [1.82, 2.24) is 30.1 Å². The number of tetrazole rings is 1. The molecule has 0 amide bonds. The average Bonchev–Trinajstić information content (AvgIpc) is 3.43. The second-order valence-corrected chi connectivity index (χ2v) is 9.93. The van der Waals surface area contributed by atoms with E-state index in [4.69, 9.17) is 0 Å². The topological polar surface area (TPSA) is 106 Å². The van der Waals surface area contributed by atoms with Crippen LogP contribution in [0.15, 0.2) is 60.8 Å². The van der Waals surface area contributed by atoms with Crippen molar-refractivity contribution >= 4 is 22.3 Å². The Hall–Kier alpha value is -3.92. The molecule has 4 aromatic rings. The van der Waals surface area contributed by atoms with Crippen LogP contribution in [-0.4, -0.2) is 61.2 Å². The predicted octanol–water partition coefficient (Wildman–Crippen LogP) is 4.55. The van der Waals surface area contributed by atoms with Gasteiger partial charge in [0.2, 0.25) is 0 Å². The molecule has 1 aliphatic carbocycles. The number of piperazine rings is 1. The van der Waals surface area contributed by atoms with Crippen LogP contribution in [0, 0.1) is 10.1 Å². The zero-order chi connectivity index (χ0) is 25.2. The molecular weight excluding hydrogens is 468 g/mol. The highest BCUT2D eigenvalue weighted by molar-refractivity contribution is 5.79. The molecule has 2 aromatic carbocycles. The fourth-order valence-corrected chi connectivity index (χ4v) is 5.78. The Labute approximate surface area is 215 Å². The number of nitrogens with zero attached hydrogens (tertiary/aromatic N) is 8. The van der Waals surface area contributed by atoms with E-state index in [-0.39, 0.29) is 16.7 Å². The Balaban J connectivity index is 1.30. The van der Waals surface area contributed by atoms with Gasteiger partial charge in [-0.3, -0.25) is 20.0 Å². The molecule has 1 atom stereocenters. The molecule has 190 valence electrons. The van der Waals surface area contributed by atoms with Crippen molar-refractivity contribution in [3.8, 4) is 0 Å². The number of aromatic nitrogens is 5. The third-order valence-corrected chi connectivity index (χ3v) is 7.73. The van der Waals surface area contributed by atoms with E-state index in [0.29, 0.717) is 6.04 Å². The summed E-state index contributed by atoms with van der Waals surface area (Å²) >= 11 is 0. The Bertz CT molecular complexity index is 1370. The van der Waals surface area contributed by atoms with E-state index >= 15 is 0 Å². The number of anilines is 1. The highest BCUT2D eigenvalue weighted by Gasteiger charge is 2.33. The normalized spacial score (nSPS) is 18.2. The highest BCUT2D eigenvalue weighted by atomic mass is 16.6. The number of pyridine rings is 1. The molecular formula is C27H30N8O2. The van der Waals surface area contributed by atoms with Gasteiger partial charge in [0.15, 0.2) is 5.82 Å².